The lowest BCUT2D eigenvalue weighted by atomic mass is 9.93. The van der Waals surface area contributed by atoms with Crippen LogP contribution in [0.15, 0.2) is 72.8 Å². The van der Waals surface area contributed by atoms with Crippen molar-refractivity contribution >= 4 is 17.5 Å². The van der Waals surface area contributed by atoms with Crippen molar-refractivity contribution in [2.75, 3.05) is 18.1 Å². The van der Waals surface area contributed by atoms with E-state index < -0.39 is 49.0 Å². The highest BCUT2D eigenvalue weighted by atomic mass is 19.1. The summed E-state index contributed by atoms with van der Waals surface area (Å²) in [5.74, 6) is -1.19. The van der Waals surface area contributed by atoms with Crippen molar-refractivity contribution in [2.45, 2.75) is 43.6 Å². The van der Waals surface area contributed by atoms with Gasteiger partial charge in [-0.1, -0.05) is 47.7 Å². The number of carbonyl (C=O) groups excluding carboxylic acids is 2. The Balaban J connectivity index is 1.37. The average molecular weight is 604 g/mol. The van der Waals surface area contributed by atoms with E-state index in [4.69, 9.17) is 4.74 Å². The maximum Gasteiger partial charge on any atom is 0.251 e. The summed E-state index contributed by atoms with van der Waals surface area (Å²) in [6.07, 6.45) is -5.99. The van der Waals surface area contributed by atoms with Crippen molar-refractivity contribution in [3.63, 3.8) is 0 Å². The molecule has 2 amide bonds. The van der Waals surface area contributed by atoms with Crippen molar-refractivity contribution < 1.29 is 39.1 Å². The number of rotatable bonds is 6. The molecule has 2 aliphatic heterocycles. The standard InChI is InChI=1S/C31H30FN5O7/c32-19-11-9-17(10-12-19)30(42)33-14-13-24(39)36-15-18-5-1-2-6-20(18)25-26(21-7-3-4-8-22(21)36)37(35-34-25)27-29(41)28(40)23(16-38)44-31(27)43/h1-12,23,27-29,31,38,40-41,43H,13-16H2,(H,33,42)/t23-,27-,28-,29-,31?/m1/s1. The first-order chi connectivity index (χ1) is 21.3. The number of aromatic nitrogens is 3. The first-order valence-electron chi connectivity index (χ1n) is 14.1. The highest BCUT2D eigenvalue weighted by Crippen LogP contribution is 2.43. The highest BCUT2D eigenvalue weighted by Gasteiger charge is 2.47. The molecule has 5 atom stereocenters. The van der Waals surface area contributed by atoms with E-state index in [9.17, 15) is 34.4 Å². The van der Waals surface area contributed by atoms with E-state index in [1.165, 1.54) is 28.9 Å². The van der Waals surface area contributed by atoms with Crippen molar-refractivity contribution in [3.05, 3.63) is 89.7 Å². The molecule has 4 aromatic rings. The minimum atomic E-state index is -1.65. The minimum absolute atomic E-state index is 0.0296. The van der Waals surface area contributed by atoms with Crippen LogP contribution in [0.1, 0.15) is 28.4 Å². The van der Waals surface area contributed by atoms with Gasteiger partial charge in [-0.05, 0) is 35.9 Å². The largest absolute Gasteiger partial charge is 0.394 e. The van der Waals surface area contributed by atoms with Gasteiger partial charge in [0.2, 0.25) is 5.91 Å². The summed E-state index contributed by atoms with van der Waals surface area (Å²) < 4.78 is 19.9. The number of amides is 2. The lowest BCUT2D eigenvalue weighted by molar-refractivity contribution is -0.265. The number of hydrogen-bond acceptors (Lipinski definition) is 9. The molecule has 1 unspecified atom stereocenters. The predicted octanol–water partition coefficient (Wildman–Crippen LogP) is 1.39. The maximum absolute atomic E-state index is 13.8. The van der Waals surface area contributed by atoms with Crippen LogP contribution in [0.25, 0.3) is 22.5 Å². The number of carbonyl (C=O) groups is 2. The number of nitrogens with one attached hydrogen (secondary N) is 1. The molecule has 1 saturated heterocycles. The quantitative estimate of drug-likeness (QED) is 0.219. The Hall–Kier alpha value is -4.53. The Kier molecular flexibility index (Phi) is 8.21. The fourth-order valence-corrected chi connectivity index (χ4v) is 5.68. The number of benzene rings is 3. The normalized spacial score (nSPS) is 22.7. The van der Waals surface area contributed by atoms with Crippen LogP contribution >= 0.6 is 0 Å². The number of para-hydroxylation sites is 1. The first-order valence-corrected chi connectivity index (χ1v) is 14.1. The van der Waals surface area contributed by atoms with Crippen LogP contribution < -0.4 is 10.2 Å². The number of fused-ring (bicyclic) bond motifs is 5. The van der Waals surface area contributed by atoms with Gasteiger partial charge in [-0.15, -0.1) is 5.10 Å². The molecule has 13 heteroatoms. The van der Waals surface area contributed by atoms with Crippen LogP contribution in [-0.2, 0) is 16.1 Å². The van der Waals surface area contributed by atoms with Gasteiger partial charge in [0.1, 0.15) is 35.9 Å². The van der Waals surface area contributed by atoms with E-state index in [-0.39, 0.29) is 31.0 Å². The van der Waals surface area contributed by atoms with Crippen LogP contribution in [0.2, 0.25) is 0 Å². The second kappa shape index (κ2) is 12.2. The monoisotopic (exact) mass is 603 g/mol. The number of halogens is 1. The van der Waals surface area contributed by atoms with E-state index in [0.29, 0.717) is 28.2 Å². The topological polar surface area (TPSA) is 170 Å². The lowest BCUT2D eigenvalue weighted by Gasteiger charge is -2.40. The molecule has 1 fully saturated rings. The predicted molar refractivity (Wildman–Crippen MR) is 154 cm³/mol. The molecule has 0 spiro atoms. The number of aliphatic hydroxyl groups excluding tert-OH is 4. The van der Waals surface area contributed by atoms with E-state index in [2.05, 4.69) is 15.6 Å². The van der Waals surface area contributed by atoms with E-state index in [1.54, 1.807) is 29.2 Å². The highest BCUT2D eigenvalue weighted by molar-refractivity contribution is 6.00. The zero-order chi connectivity index (χ0) is 31.0. The van der Waals surface area contributed by atoms with Crippen LogP contribution in [0.4, 0.5) is 10.1 Å². The molecule has 12 nitrogen and oxygen atoms in total. The average Bonchev–Trinajstić information content (AvgIpc) is 3.45. The van der Waals surface area contributed by atoms with Crippen LogP contribution in [0.5, 0.6) is 0 Å². The first kappa shape index (κ1) is 29.5. The zero-order valence-corrected chi connectivity index (χ0v) is 23.3. The molecule has 44 heavy (non-hydrogen) atoms. The van der Waals surface area contributed by atoms with Gasteiger partial charge in [-0.25, -0.2) is 9.07 Å². The Morgan fingerprint density at radius 1 is 0.955 bits per heavy atom. The summed E-state index contributed by atoms with van der Waals surface area (Å²) in [6, 6.07) is 18.2. The Morgan fingerprint density at radius 2 is 1.66 bits per heavy atom. The molecule has 3 heterocycles. The second-order valence-corrected chi connectivity index (χ2v) is 10.6. The zero-order valence-electron chi connectivity index (χ0n) is 23.3. The molecule has 0 saturated carbocycles. The summed E-state index contributed by atoms with van der Waals surface area (Å²) in [7, 11) is 0. The third kappa shape index (κ3) is 5.36. The Bertz CT molecular complexity index is 1680. The van der Waals surface area contributed by atoms with Gasteiger partial charge in [0.05, 0.1) is 24.5 Å². The van der Waals surface area contributed by atoms with Gasteiger partial charge in [0, 0.05) is 29.7 Å². The van der Waals surface area contributed by atoms with Crippen LogP contribution in [0, 0.1) is 5.82 Å². The van der Waals surface area contributed by atoms with Gasteiger partial charge in [-0.2, -0.15) is 0 Å². The molecule has 5 N–H and O–H groups in total. The summed E-state index contributed by atoms with van der Waals surface area (Å²) in [5.41, 5.74) is 3.51. The summed E-state index contributed by atoms with van der Waals surface area (Å²) in [5, 5.41) is 53.4. The van der Waals surface area contributed by atoms with E-state index >= 15 is 0 Å². The van der Waals surface area contributed by atoms with Crippen molar-refractivity contribution in [1.82, 2.24) is 20.3 Å². The molecular weight excluding hydrogens is 573 g/mol. The number of hydrogen-bond donors (Lipinski definition) is 5. The van der Waals surface area contributed by atoms with Gasteiger partial charge < -0.3 is 35.4 Å². The minimum Gasteiger partial charge on any atom is -0.394 e. The van der Waals surface area contributed by atoms with Crippen molar-refractivity contribution in [2.24, 2.45) is 0 Å². The number of ether oxygens (including phenoxy) is 1. The number of nitrogens with zero attached hydrogens (tertiary/aromatic N) is 4. The Labute approximate surface area is 250 Å². The summed E-state index contributed by atoms with van der Waals surface area (Å²) >= 11 is 0. The summed E-state index contributed by atoms with van der Waals surface area (Å²) in [4.78, 5) is 27.9. The SMILES string of the molecule is O=C(NCCC(=O)N1Cc2ccccc2-c2nnn([C@H]3C(O)O[C@H](CO)[C@@H](O)[C@@H]3O)c2-c2ccccc21)c1ccc(F)cc1. The third-order valence-corrected chi connectivity index (χ3v) is 7.93. The molecule has 0 aliphatic carbocycles. The van der Waals surface area contributed by atoms with E-state index in [0.717, 1.165) is 5.56 Å². The summed E-state index contributed by atoms with van der Waals surface area (Å²) in [6.45, 7) is -0.407. The number of aliphatic hydroxyl groups is 4. The molecule has 1 aromatic heterocycles. The molecule has 228 valence electrons. The number of anilines is 1. The maximum atomic E-state index is 13.8. The van der Waals surface area contributed by atoms with E-state index in [1.807, 2.05) is 24.3 Å². The van der Waals surface area contributed by atoms with Crippen molar-refractivity contribution in [3.8, 4) is 22.5 Å². The molecule has 0 radical (unpaired) electrons. The van der Waals surface area contributed by atoms with Crippen molar-refractivity contribution in [1.29, 1.82) is 0 Å². The van der Waals surface area contributed by atoms with Crippen LogP contribution in [-0.4, -0.2) is 85.0 Å². The molecule has 6 rings (SSSR count). The van der Waals surface area contributed by atoms with Gasteiger partial charge in [0.15, 0.2) is 6.29 Å². The third-order valence-electron chi connectivity index (χ3n) is 7.93. The van der Waals surface area contributed by atoms with Gasteiger partial charge in [-0.3, -0.25) is 9.59 Å². The second-order valence-electron chi connectivity index (χ2n) is 10.6. The fraction of sp³-hybridized carbons (Fsp3) is 0.290. The van der Waals surface area contributed by atoms with Gasteiger partial charge in [0.25, 0.3) is 5.91 Å². The van der Waals surface area contributed by atoms with Crippen LogP contribution in [0.3, 0.4) is 0 Å². The Morgan fingerprint density at radius 3 is 2.41 bits per heavy atom. The molecule has 0 bridgehead atoms. The lowest BCUT2D eigenvalue weighted by Crippen LogP contribution is -2.56. The molecular formula is C31H30FN5O7. The molecule has 3 aromatic carbocycles. The smallest absolute Gasteiger partial charge is 0.251 e. The van der Waals surface area contributed by atoms with Gasteiger partial charge >= 0.3 is 0 Å². The molecule has 2 aliphatic rings. The fourth-order valence-electron chi connectivity index (χ4n) is 5.68.